The molecule has 1 atom stereocenters. The lowest BCUT2D eigenvalue weighted by Crippen LogP contribution is -2.48. The molecule has 0 aliphatic rings. The third kappa shape index (κ3) is 6.29. The van der Waals surface area contributed by atoms with Crippen molar-refractivity contribution in [1.82, 2.24) is 9.03 Å². The van der Waals surface area contributed by atoms with E-state index >= 15 is 0 Å². The lowest BCUT2D eigenvalue weighted by Gasteiger charge is -2.21. The quantitative estimate of drug-likeness (QED) is 0.615. The molecule has 0 bridgehead atoms. The largest absolute Gasteiger partial charge is 0.480 e. The van der Waals surface area contributed by atoms with E-state index < -0.39 is 22.2 Å². The van der Waals surface area contributed by atoms with Gasteiger partial charge in [0, 0.05) is 20.7 Å². The minimum Gasteiger partial charge on any atom is -0.480 e. The fourth-order valence-corrected chi connectivity index (χ4v) is 2.33. The second-order valence-corrected chi connectivity index (χ2v) is 6.27. The molecule has 0 aromatic rings. The van der Waals surface area contributed by atoms with Crippen LogP contribution in [0.4, 0.5) is 0 Å². The Balaban J connectivity index is 4.64. The summed E-state index contributed by atoms with van der Waals surface area (Å²) in [5.41, 5.74) is 0. The number of ether oxygens (including phenoxy) is 1. The van der Waals surface area contributed by atoms with Gasteiger partial charge in [0.15, 0.2) is 0 Å². The van der Waals surface area contributed by atoms with E-state index in [4.69, 9.17) is 9.84 Å². The lowest BCUT2D eigenvalue weighted by atomic mass is 10.1. The number of carbonyl (C=O) groups is 1. The molecule has 0 aromatic carbocycles. The van der Waals surface area contributed by atoms with Gasteiger partial charge in [-0.2, -0.15) is 17.4 Å². The zero-order chi connectivity index (χ0) is 14.3. The first-order chi connectivity index (χ1) is 8.20. The molecular formula is C10H22N2O5S. The summed E-state index contributed by atoms with van der Waals surface area (Å²) in [4.78, 5) is 11.0. The molecule has 0 fully saturated rings. The van der Waals surface area contributed by atoms with E-state index in [1.807, 2.05) is 13.8 Å². The van der Waals surface area contributed by atoms with Crippen molar-refractivity contribution in [2.24, 2.45) is 5.92 Å². The molecule has 0 rings (SSSR count). The minimum absolute atomic E-state index is 0.0816. The fraction of sp³-hybridized carbons (Fsp3) is 0.900. The zero-order valence-corrected chi connectivity index (χ0v) is 12.0. The molecule has 0 heterocycles. The van der Waals surface area contributed by atoms with E-state index in [1.165, 1.54) is 14.2 Å². The molecule has 8 heteroatoms. The van der Waals surface area contributed by atoms with Crippen LogP contribution in [0, 0.1) is 5.92 Å². The van der Waals surface area contributed by atoms with Crippen LogP contribution in [0.15, 0.2) is 0 Å². The monoisotopic (exact) mass is 282 g/mol. The summed E-state index contributed by atoms with van der Waals surface area (Å²) in [6, 6.07) is -1.11. The third-order valence-electron chi connectivity index (χ3n) is 2.32. The maximum Gasteiger partial charge on any atom is 0.321 e. The Morgan fingerprint density at radius 1 is 1.44 bits per heavy atom. The summed E-state index contributed by atoms with van der Waals surface area (Å²) in [6.45, 7) is 4.08. The van der Waals surface area contributed by atoms with Crippen LogP contribution >= 0.6 is 0 Å². The van der Waals surface area contributed by atoms with E-state index in [0.717, 1.165) is 4.31 Å². The Kier molecular flexibility index (Phi) is 7.37. The summed E-state index contributed by atoms with van der Waals surface area (Å²) in [5.74, 6) is -1.09. The average molecular weight is 282 g/mol. The Bertz CT molecular complexity index is 355. The molecule has 7 nitrogen and oxygen atoms in total. The molecule has 0 aliphatic carbocycles. The third-order valence-corrected chi connectivity index (χ3v) is 3.90. The van der Waals surface area contributed by atoms with E-state index in [0.29, 0.717) is 0 Å². The molecule has 18 heavy (non-hydrogen) atoms. The van der Waals surface area contributed by atoms with Crippen LogP contribution in [-0.2, 0) is 19.7 Å². The number of rotatable bonds is 9. The number of nitrogens with one attached hydrogen (secondary N) is 1. The number of hydrogen-bond acceptors (Lipinski definition) is 4. The van der Waals surface area contributed by atoms with Crippen molar-refractivity contribution in [1.29, 1.82) is 0 Å². The van der Waals surface area contributed by atoms with Gasteiger partial charge in [-0.1, -0.05) is 13.8 Å². The molecule has 0 aliphatic heterocycles. The van der Waals surface area contributed by atoms with Crippen molar-refractivity contribution in [2.45, 2.75) is 26.3 Å². The van der Waals surface area contributed by atoms with Crippen LogP contribution < -0.4 is 4.72 Å². The van der Waals surface area contributed by atoms with Crippen molar-refractivity contribution in [3.8, 4) is 0 Å². The van der Waals surface area contributed by atoms with E-state index in [-0.39, 0.29) is 25.5 Å². The number of carboxylic acid groups (broad SMARTS) is 1. The number of aliphatic carboxylic acids is 1. The van der Waals surface area contributed by atoms with Gasteiger partial charge in [0.25, 0.3) is 10.2 Å². The molecule has 108 valence electrons. The predicted octanol–water partition coefficient (Wildman–Crippen LogP) is -0.102. The fourth-order valence-electron chi connectivity index (χ4n) is 1.28. The van der Waals surface area contributed by atoms with Gasteiger partial charge in [-0.15, -0.1) is 0 Å². The highest BCUT2D eigenvalue weighted by Crippen LogP contribution is 2.07. The second kappa shape index (κ2) is 7.67. The molecular weight excluding hydrogens is 260 g/mol. The molecule has 0 radical (unpaired) electrons. The first-order valence-electron chi connectivity index (χ1n) is 5.66. The summed E-state index contributed by atoms with van der Waals surface area (Å²) >= 11 is 0. The first-order valence-corrected chi connectivity index (χ1v) is 7.10. The molecule has 0 saturated carbocycles. The minimum atomic E-state index is -3.80. The summed E-state index contributed by atoms with van der Waals surface area (Å²) < 4.78 is 31.6. The zero-order valence-electron chi connectivity index (χ0n) is 11.2. The van der Waals surface area contributed by atoms with Crippen LogP contribution in [0.1, 0.15) is 20.3 Å². The highest BCUT2D eigenvalue weighted by atomic mass is 32.2. The van der Waals surface area contributed by atoms with Gasteiger partial charge in [0.1, 0.15) is 6.04 Å². The number of likely N-dealkylation sites (N-methyl/N-ethyl adjacent to an activating group) is 1. The Labute approximate surface area is 108 Å². The normalized spacial score (nSPS) is 14.1. The summed E-state index contributed by atoms with van der Waals surface area (Å²) in [7, 11) is -0.964. The van der Waals surface area contributed by atoms with Gasteiger partial charge in [-0.3, -0.25) is 4.79 Å². The van der Waals surface area contributed by atoms with Crippen LogP contribution in [0.25, 0.3) is 0 Å². The van der Waals surface area contributed by atoms with Crippen molar-refractivity contribution in [3.05, 3.63) is 0 Å². The van der Waals surface area contributed by atoms with E-state index in [1.54, 1.807) is 0 Å². The van der Waals surface area contributed by atoms with Crippen LogP contribution in [-0.4, -0.2) is 57.1 Å². The molecule has 0 aromatic heterocycles. The standard InChI is InChI=1S/C10H22N2O5S/c1-8(2)7-9(10(13)14)11-18(15,16)12(3)5-6-17-4/h8-9,11H,5-7H2,1-4H3,(H,13,14)/t9-/m1/s1. The Morgan fingerprint density at radius 2 is 2.00 bits per heavy atom. The SMILES string of the molecule is COCCN(C)S(=O)(=O)N[C@H](CC(C)C)C(=O)O. The predicted molar refractivity (Wildman–Crippen MR) is 67.4 cm³/mol. The van der Waals surface area contributed by atoms with Crippen molar-refractivity contribution in [2.75, 3.05) is 27.3 Å². The number of nitrogens with zero attached hydrogens (tertiary/aromatic N) is 1. The van der Waals surface area contributed by atoms with Gasteiger partial charge >= 0.3 is 5.97 Å². The second-order valence-electron chi connectivity index (χ2n) is 4.46. The Hall–Kier alpha value is -0.700. The number of carboxylic acids is 1. The molecule has 0 amide bonds. The summed E-state index contributed by atoms with van der Waals surface area (Å²) in [6.07, 6.45) is 0.243. The highest BCUT2D eigenvalue weighted by Gasteiger charge is 2.27. The smallest absolute Gasteiger partial charge is 0.321 e. The van der Waals surface area contributed by atoms with Crippen molar-refractivity contribution >= 4 is 16.2 Å². The lowest BCUT2D eigenvalue weighted by molar-refractivity contribution is -0.139. The van der Waals surface area contributed by atoms with Gasteiger partial charge in [-0.25, -0.2) is 0 Å². The van der Waals surface area contributed by atoms with Gasteiger partial charge in [0.2, 0.25) is 0 Å². The molecule has 0 unspecified atom stereocenters. The van der Waals surface area contributed by atoms with Crippen molar-refractivity contribution < 1.29 is 23.1 Å². The van der Waals surface area contributed by atoms with Crippen LogP contribution in [0.5, 0.6) is 0 Å². The van der Waals surface area contributed by atoms with Crippen LogP contribution in [0.2, 0.25) is 0 Å². The van der Waals surface area contributed by atoms with E-state index in [9.17, 15) is 13.2 Å². The van der Waals surface area contributed by atoms with Gasteiger partial charge in [0.05, 0.1) is 6.61 Å². The number of methoxy groups -OCH3 is 1. The van der Waals surface area contributed by atoms with Crippen molar-refractivity contribution in [3.63, 3.8) is 0 Å². The van der Waals surface area contributed by atoms with Gasteiger partial charge in [-0.05, 0) is 12.3 Å². The average Bonchev–Trinajstić information content (AvgIpc) is 2.23. The van der Waals surface area contributed by atoms with E-state index in [2.05, 4.69) is 4.72 Å². The molecule has 2 N–H and O–H groups in total. The molecule has 0 spiro atoms. The maximum absolute atomic E-state index is 11.8. The molecule has 0 saturated heterocycles. The van der Waals surface area contributed by atoms with Gasteiger partial charge < -0.3 is 9.84 Å². The topological polar surface area (TPSA) is 95.9 Å². The highest BCUT2D eigenvalue weighted by molar-refractivity contribution is 7.87. The Morgan fingerprint density at radius 3 is 2.39 bits per heavy atom. The van der Waals surface area contributed by atoms with Crippen LogP contribution in [0.3, 0.4) is 0 Å². The maximum atomic E-state index is 11.8. The first kappa shape index (κ1) is 17.3. The number of hydrogen-bond donors (Lipinski definition) is 2. The summed E-state index contributed by atoms with van der Waals surface area (Å²) in [5, 5.41) is 8.97.